The van der Waals surface area contributed by atoms with Crippen molar-refractivity contribution in [2.75, 3.05) is 19.3 Å². The molecule has 0 aromatic heterocycles. The highest BCUT2D eigenvalue weighted by Gasteiger charge is 2.28. The van der Waals surface area contributed by atoms with E-state index in [1.165, 1.54) is 16.4 Å². The predicted molar refractivity (Wildman–Crippen MR) is 101 cm³/mol. The molecule has 5 nitrogen and oxygen atoms in total. The van der Waals surface area contributed by atoms with Gasteiger partial charge in [0, 0.05) is 19.3 Å². The number of aryl methyl sites for hydroxylation is 1. The molecule has 0 unspecified atom stereocenters. The highest BCUT2D eigenvalue weighted by atomic mass is 32.2. The Hall–Kier alpha value is -1.96. The van der Waals surface area contributed by atoms with Crippen LogP contribution in [0.5, 0.6) is 0 Å². The van der Waals surface area contributed by atoms with Crippen molar-refractivity contribution in [3.05, 3.63) is 65.7 Å². The van der Waals surface area contributed by atoms with Crippen molar-refractivity contribution in [2.24, 2.45) is 0 Å². The third kappa shape index (κ3) is 3.75. The lowest BCUT2D eigenvalue weighted by atomic mass is 10.0. The number of benzene rings is 2. The smallest absolute Gasteiger partial charge is 0.224 e. The van der Waals surface area contributed by atoms with Gasteiger partial charge in [0.15, 0.2) is 9.84 Å². The van der Waals surface area contributed by atoms with Gasteiger partial charge in [0.1, 0.15) is 0 Å². The van der Waals surface area contributed by atoms with Crippen LogP contribution in [-0.4, -0.2) is 40.5 Å². The molecule has 7 heteroatoms. The molecule has 2 aromatic carbocycles. The van der Waals surface area contributed by atoms with Crippen LogP contribution in [0.25, 0.3) is 5.57 Å². The van der Waals surface area contributed by atoms with Crippen LogP contribution >= 0.6 is 0 Å². The summed E-state index contributed by atoms with van der Waals surface area (Å²) in [6.07, 6.45) is 4.87. The van der Waals surface area contributed by atoms with Crippen LogP contribution in [0.3, 0.4) is 0 Å². The molecule has 1 heterocycles. The van der Waals surface area contributed by atoms with Crippen LogP contribution in [-0.2, 0) is 19.9 Å². The first-order chi connectivity index (χ1) is 12.2. The third-order valence-corrected chi connectivity index (χ3v) is 7.51. The number of nitrogens with zero attached hydrogens (tertiary/aromatic N) is 1. The van der Waals surface area contributed by atoms with Crippen molar-refractivity contribution in [1.29, 1.82) is 0 Å². The van der Waals surface area contributed by atoms with Crippen LogP contribution in [0.15, 0.2) is 58.3 Å². The minimum atomic E-state index is -3.59. The fraction of sp³-hybridized carbons (Fsp3) is 0.263. The Morgan fingerprint density at radius 3 is 2.23 bits per heavy atom. The predicted octanol–water partition coefficient (Wildman–Crippen LogP) is 2.68. The molecule has 0 bridgehead atoms. The molecule has 0 N–H and O–H groups in total. The van der Waals surface area contributed by atoms with Gasteiger partial charge in [-0.15, -0.1) is 0 Å². The van der Waals surface area contributed by atoms with Crippen molar-refractivity contribution in [1.82, 2.24) is 4.31 Å². The quantitative estimate of drug-likeness (QED) is 0.805. The average Bonchev–Trinajstić information content (AvgIpc) is 2.61. The van der Waals surface area contributed by atoms with E-state index < -0.39 is 19.9 Å². The van der Waals surface area contributed by atoms with E-state index in [2.05, 4.69) is 6.08 Å². The first kappa shape index (κ1) is 18.8. The minimum Gasteiger partial charge on any atom is -0.224 e. The topological polar surface area (TPSA) is 71.5 Å². The van der Waals surface area contributed by atoms with Crippen LogP contribution in [0, 0.1) is 13.0 Å². The molecule has 0 spiro atoms. The fourth-order valence-corrected chi connectivity index (χ4v) is 5.19. The van der Waals surface area contributed by atoms with E-state index in [0.29, 0.717) is 23.4 Å². The van der Waals surface area contributed by atoms with E-state index >= 15 is 0 Å². The number of hydrogen-bond donors (Lipinski definition) is 0. The summed E-state index contributed by atoms with van der Waals surface area (Å²) in [5.74, 6) is 0. The number of sulfonamides is 1. The van der Waals surface area contributed by atoms with Crippen LogP contribution in [0.1, 0.15) is 17.5 Å². The largest absolute Gasteiger partial charge is 0.243 e. The summed E-state index contributed by atoms with van der Waals surface area (Å²) in [5, 5.41) is 0. The first-order valence-electron chi connectivity index (χ1n) is 8.15. The van der Waals surface area contributed by atoms with Crippen molar-refractivity contribution >= 4 is 25.4 Å². The lowest BCUT2D eigenvalue weighted by Crippen LogP contribution is -2.36. The summed E-state index contributed by atoms with van der Waals surface area (Å²) < 4.78 is 50.6. The first-order valence-corrected chi connectivity index (χ1v) is 11.5. The Morgan fingerprint density at radius 2 is 1.62 bits per heavy atom. The average molecular weight is 391 g/mol. The lowest BCUT2D eigenvalue weighted by Gasteiger charge is -2.27. The van der Waals surface area contributed by atoms with E-state index in [0.717, 1.165) is 17.4 Å². The summed E-state index contributed by atoms with van der Waals surface area (Å²) in [5.41, 5.74) is 2.25. The second kappa shape index (κ2) is 6.98. The summed E-state index contributed by atoms with van der Waals surface area (Å²) in [4.78, 5) is 0.552. The Bertz CT molecular complexity index is 1050. The van der Waals surface area contributed by atoms with Crippen molar-refractivity contribution in [3.63, 3.8) is 0 Å². The molecule has 0 fully saturated rings. The lowest BCUT2D eigenvalue weighted by molar-refractivity contribution is 0.440. The van der Waals surface area contributed by atoms with Crippen LogP contribution < -0.4 is 0 Å². The monoisotopic (exact) mass is 390 g/mol. The molecule has 0 aliphatic carbocycles. The van der Waals surface area contributed by atoms with E-state index in [1.807, 2.05) is 6.07 Å². The van der Waals surface area contributed by atoms with Gasteiger partial charge in [0.05, 0.1) is 9.79 Å². The molecule has 0 atom stereocenters. The second-order valence-electron chi connectivity index (χ2n) is 6.31. The molecule has 0 saturated carbocycles. The third-order valence-electron chi connectivity index (χ3n) is 4.38. The maximum Gasteiger partial charge on any atom is 0.243 e. The number of hydrogen-bond acceptors (Lipinski definition) is 4. The zero-order chi connectivity index (χ0) is 18.9. The second-order valence-corrected chi connectivity index (χ2v) is 10.2. The fourth-order valence-electron chi connectivity index (χ4n) is 2.93. The molecule has 1 aliphatic heterocycles. The van der Waals surface area contributed by atoms with Gasteiger partial charge in [-0.25, -0.2) is 16.8 Å². The van der Waals surface area contributed by atoms with Crippen molar-refractivity contribution < 1.29 is 16.8 Å². The Balaban J connectivity index is 1.88. The van der Waals surface area contributed by atoms with Gasteiger partial charge < -0.3 is 0 Å². The van der Waals surface area contributed by atoms with Crippen LogP contribution in [0.4, 0.5) is 0 Å². The van der Waals surface area contributed by atoms with E-state index in [1.54, 1.807) is 37.3 Å². The van der Waals surface area contributed by atoms with Gasteiger partial charge >= 0.3 is 0 Å². The van der Waals surface area contributed by atoms with E-state index in [9.17, 15) is 16.8 Å². The molecule has 0 amide bonds. The molecule has 137 valence electrons. The highest BCUT2D eigenvalue weighted by molar-refractivity contribution is 7.90. The summed E-state index contributed by atoms with van der Waals surface area (Å²) >= 11 is 0. The number of sulfone groups is 1. The van der Waals surface area contributed by atoms with Gasteiger partial charge in [0.2, 0.25) is 10.0 Å². The molecule has 2 aromatic rings. The SMILES string of the molecule is Cc1ccccc1S(=O)(=O)N1CC[C]=C(c2ccc(S(C)(=O)=O)cc2)C1. The zero-order valence-electron chi connectivity index (χ0n) is 14.6. The van der Waals surface area contributed by atoms with Gasteiger partial charge in [-0.3, -0.25) is 0 Å². The van der Waals surface area contributed by atoms with Gasteiger partial charge in [-0.1, -0.05) is 30.3 Å². The molecule has 26 heavy (non-hydrogen) atoms. The van der Waals surface area contributed by atoms with Crippen molar-refractivity contribution in [3.8, 4) is 0 Å². The molecule has 0 saturated heterocycles. The molecular weight excluding hydrogens is 370 g/mol. The van der Waals surface area contributed by atoms with E-state index in [4.69, 9.17) is 0 Å². The van der Waals surface area contributed by atoms with Crippen LogP contribution in [0.2, 0.25) is 0 Å². The van der Waals surface area contributed by atoms with Crippen molar-refractivity contribution in [2.45, 2.75) is 23.1 Å². The molecule has 1 radical (unpaired) electrons. The molecular formula is C19H20NO4S2. The summed E-state index contributed by atoms with van der Waals surface area (Å²) in [7, 11) is -6.85. The van der Waals surface area contributed by atoms with Gasteiger partial charge in [-0.2, -0.15) is 4.31 Å². The number of rotatable bonds is 4. The molecule has 3 rings (SSSR count). The van der Waals surface area contributed by atoms with E-state index in [-0.39, 0.29) is 11.4 Å². The molecule has 1 aliphatic rings. The van der Waals surface area contributed by atoms with Gasteiger partial charge in [-0.05, 0) is 54.3 Å². The summed E-state index contributed by atoms with van der Waals surface area (Å²) in [6, 6.07) is 13.4. The summed E-state index contributed by atoms with van der Waals surface area (Å²) in [6.45, 7) is 2.38. The minimum absolute atomic E-state index is 0.217. The maximum absolute atomic E-state index is 13.0. The highest BCUT2D eigenvalue weighted by Crippen LogP contribution is 2.27. The standard InChI is InChI=1S/C19H20NO4S2/c1-15-6-3-4-8-19(15)26(23,24)20-13-5-7-17(14-20)16-9-11-18(12-10-16)25(2,21)22/h3-4,6,8-12H,5,13-14H2,1-2H3. The van der Waals surface area contributed by atoms with Gasteiger partial charge in [0.25, 0.3) is 0 Å². The zero-order valence-corrected chi connectivity index (χ0v) is 16.3. The maximum atomic E-state index is 13.0. The normalized spacial score (nSPS) is 16.3. The Morgan fingerprint density at radius 1 is 0.962 bits per heavy atom. The Kier molecular flexibility index (Phi) is 5.05. The Labute approximate surface area is 154 Å².